The van der Waals surface area contributed by atoms with Crippen LogP contribution in [-0.4, -0.2) is 18.3 Å². The number of hydrogen-bond donors (Lipinski definition) is 2. The molecule has 2 N–H and O–H groups in total. The fourth-order valence-electron chi connectivity index (χ4n) is 3.51. The van der Waals surface area contributed by atoms with E-state index in [0.29, 0.717) is 12.6 Å². The van der Waals surface area contributed by atoms with Gasteiger partial charge in [0.1, 0.15) is 0 Å². The molecule has 0 radical (unpaired) electrons. The second-order valence-electron chi connectivity index (χ2n) is 6.71. The molecule has 1 atom stereocenters. The van der Waals surface area contributed by atoms with E-state index >= 15 is 0 Å². The first-order chi connectivity index (χ1) is 10.3. The average Bonchev–Trinajstić information content (AvgIpc) is 2.56. The van der Waals surface area contributed by atoms with Gasteiger partial charge in [-0.15, -0.1) is 0 Å². The van der Waals surface area contributed by atoms with Gasteiger partial charge in [0.05, 0.1) is 0 Å². The molecule has 0 spiro atoms. The lowest BCUT2D eigenvalue weighted by atomic mass is 9.74. The number of rotatable bonds is 8. The minimum absolute atomic E-state index is 0.123. The molecule has 118 valence electrons. The molecule has 0 saturated heterocycles. The highest BCUT2D eigenvalue weighted by molar-refractivity contribution is 5.18. The van der Waals surface area contributed by atoms with Crippen LogP contribution in [0.25, 0.3) is 0 Å². The van der Waals surface area contributed by atoms with E-state index < -0.39 is 0 Å². The maximum atomic E-state index is 9.86. The molecule has 1 aromatic carbocycles. The van der Waals surface area contributed by atoms with Crippen LogP contribution in [0.4, 0.5) is 0 Å². The molecule has 0 bridgehead atoms. The third-order valence-corrected chi connectivity index (χ3v) is 5.02. The Kier molecular flexibility index (Phi) is 6.72. The van der Waals surface area contributed by atoms with Crippen molar-refractivity contribution in [1.29, 1.82) is 0 Å². The molecular weight excluding hydrogens is 258 g/mol. The Hall–Kier alpha value is -0.860. The van der Waals surface area contributed by atoms with Gasteiger partial charge in [-0.05, 0) is 24.8 Å². The maximum Gasteiger partial charge on any atom is 0.0499 e. The van der Waals surface area contributed by atoms with E-state index in [4.69, 9.17) is 0 Å². The third-order valence-electron chi connectivity index (χ3n) is 5.02. The Bertz CT molecular complexity index is 384. The zero-order valence-corrected chi connectivity index (χ0v) is 13.5. The van der Waals surface area contributed by atoms with E-state index in [-0.39, 0.29) is 5.41 Å². The van der Waals surface area contributed by atoms with Crippen molar-refractivity contribution in [3.63, 3.8) is 0 Å². The van der Waals surface area contributed by atoms with Gasteiger partial charge in [-0.25, -0.2) is 0 Å². The van der Waals surface area contributed by atoms with Gasteiger partial charge in [0.2, 0.25) is 0 Å². The molecule has 1 aliphatic rings. The normalized spacial score (nSPS) is 19.3. The summed E-state index contributed by atoms with van der Waals surface area (Å²) in [6, 6.07) is 11.2. The Morgan fingerprint density at radius 2 is 1.86 bits per heavy atom. The summed E-state index contributed by atoms with van der Waals surface area (Å²) in [5.74, 6) is 0. The van der Waals surface area contributed by atoms with E-state index in [2.05, 4.69) is 42.6 Å². The van der Waals surface area contributed by atoms with Gasteiger partial charge in [-0.3, -0.25) is 0 Å². The SMILES string of the molecule is CCCCC(NCC1(CO)CCCCC1)c1ccccc1. The number of hydrogen-bond acceptors (Lipinski definition) is 2. The lowest BCUT2D eigenvalue weighted by Crippen LogP contribution is -2.40. The van der Waals surface area contributed by atoms with E-state index in [1.807, 2.05) is 0 Å². The van der Waals surface area contributed by atoms with Crippen LogP contribution in [0.2, 0.25) is 0 Å². The van der Waals surface area contributed by atoms with Crippen LogP contribution >= 0.6 is 0 Å². The summed E-state index contributed by atoms with van der Waals surface area (Å²) in [7, 11) is 0. The van der Waals surface area contributed by atoms with Crippen LogP contribution in [-0.2, 0) is 0 Å². The Labute approximate surface area is 130 Å². The predicted octanol–water partition coefficient (Wildman–Crippen LogP) is 4.45. The van der Waals surface area contributed by atoms with E-state index in [9.17, 15) is 5.11 Å². The molecule has 0 amide bonds. The molecule has 21 heavy (non-hydrogen) atoms. The standard InChI is InChI=1S/C19H31NO/c1-2-3-12-18(17-10-6-4-7-11-17)20-15-19(16-21)13-8-5-9-14-19/h4,6-7,10-11,18,20-21H,2-3,5,8-9,12-16H2,1H3. The fourth-order valence-corrected chi connectivity index (χ4v) is 3.51. The molecule has 2 nitrogen and oxygen atoms in total. The van der Waals surface area contributed by atoms with Gasteiger partial charge in [0.25, 0.3) is 0 Å². The zero-order chi connectivity index (χ0) is 15.0. The lowest BCUT2D eigenvalue weighted by Gasteiger charge is -2.37. The lowest BCUT2D eigenvalue weighted by molar-refractivity contribution is 0.0778. The first-order valence-electron chi connectivity index (χ1n) is 8.69. The summed E-state index contributed by atoms with van der Waals surface area (Å²) in [6.07, 6.45) is 9.88. The average molecular weight is 289 g/mol. The summed E-state index contributed by atoms with van der Waals surface area (Å²) in [6.45, 7) is 3.53. The van der Waals surface area contributed by atoms with Gasteiger partial charge in [-0.1, -0.05) is 69.4 Å². The van der Waals surface area contributed by atoms with E-state index in [0.717, 1.165) is 6.54 Å². The fraction of sp³-hybridized carbons (Fsp3) is 0.684. The topological polar surface area (TPSA) is 32.3 Å². The minimum Gasteiger partial charge on any atom is -0.396 e. The number of aliphatic hydroxyl groups is 1. The molecule has 1 saturated carbocycles. The maximum absolute atomic E-state index is 9.86. The van der Waals surface area contributed by atoms with Gasteiger partial charge in [-0.2, -0.15) is 0 Å². The second-order valence-corrected chi connectivity index (χ2v) is 6.71. The predicted molar refractivity (Wildman–Crippen MR) is 89.3 cm³/mol. The van der Waals surface area contributed by atoms with Crippen molar-refractivity contribution in [3.05, 3.63) is 35.9 Å². The molecule has 1 fully saturated rings. The molecule has 2 heteroatoms. The van der Waals surface area contributed by atoms with Crippen molar-refractivity contribution in [2.24, 2.45) is 5.41 Å². The third kappa shape index (κ3) is 4.82. The smallest absolute Gasteiger partial charge is 0.0499 e. The Morgan fingerprint density at radius 1 is 1.14 bits per heavy atom. The molecule has 2 rings (SSSR count). The Balaban J connectivity index is 1.97. The van der Waals surface area contributed by atoms with Crippen LogP contribution in [0.5, 0.6) is 0 Å². The quantitative estimate of drug-likeness (QED) is 0.741. The molecule has 0 aliphatic heterocycles. The van der Waals surface area contributed by atoms with Crippen LogP contribution in [0, 0.1) is 5.41 Å². The van der Waals surface area contributed by atoms with Crippen molar-refractivity contribution < 1.29 is 5.11 Å². The van der Waals surface area contributed by atoms with Gasteiger partial charge >= 0.3 is 0 Å². The summed E-state index contributed by atoms with van der Waals surface area (Å²) in [5, 5.41) is 13.6. The second kappa shape index (κ2) is 8.55. The van der Waals surface area contributed by atoms with Crippen molar-refractivity contribution in [2.45, 2.75) is 64.3 Å². The highest BCUT2D eigenvalue weighted by atomic mass is 16.3. The van der Waals surface area contributed by atoms with E-state index in [1.165, 1.54) is 56.9 Å². The van der Waals surface area contributed by atoms with Crippen molar-refractivity contribution in [3.8, 4) is 0 Å². The van der Waals surface area contributed by atoms with Crippen LogP contribution < -0.4 is 5.32 Å². The van der Waals surface area contributed by atoms with Gasteiger partial charge in [0.15, 0.2) is 0 Å². The highest BCUT2D eigenvalue weighted by Crippen LogP contribution is 2.36. The molecule has 0 heterocycles. The molecule has 1 aliphatic carbocycles. The zero-order valence-electron chi connectivity index (χ0n) is 13.5. The molecule has 0 aromatic heterocycles. The van der Waals surface area contributed by atoms with Crippen molar-refractivity contribution in [1.82, 2.24) is 5.32 Å². The summed E-state index contributed by atoms with van der Waals surface area (Å²) in [4.78, 5) is 0. The molecule has 1 aromatic rings. The highest BCUT2D eigenvalue weighted by Gasteiger charge is 2.31. The van der Waals surface area contributed by atoms with Gasteiger partial charge < -0.3 is 10.4 Å². The van der Waals surface area contributed by atoms with Crippen molar-refractivity contribution in [2.75, 3.05) is 13.2 Å². The van der Waals surface area contributed by atoms with E-state index in [1.54, 1.807) is 0 Å². The number of unbranched alkanes of at least 4 members (excludes halogenated alkanes) is 1. The van der Waals surface area contributed by atoms with Crippen LogP contribution in [0.15, 0.2) is 30.3 Å². The number of aliphatic hydroxyl groups excluding tert-OH is 1. The number of benzene rings is 1. The summed E-state index contributed by atoms with van der Waals surface area (Å²) in [5.41, 5.74) is 1.51. The Morgan fingerprint density at radius 3 is 2.48 bits per heavy atom. The first kappa shape index (κ1) is 16.5. The monoisotopic (exact) mass is 289 g/mol. The molecular formula is C19H31NO. The first-order valence-corrected chi connectivity index (χ1v) is 8.69. The van der Waals surface area contributed by atoms with Crippen LogP contribution in [0.3, 0.4) is 0 Å². The number of nitrogens with one attached hydrogen (secondary N) is 1. The molecule has 1 unspecified atom stereocenters. The summed E-state index contributed by atoms with van der Waals surface area (Å²) < 4.78 is 0. The van der Waals surface area contributed by atoms with Crippen LogP contribution in [0.1, 0.15) is 69.9 Å². The van der Waals surface area contributed by atoms with Gasteiger partial charge in [0, 0.05) is 24.6 Å². The largest absolute Gasteiger partial charge is 0.396 e. The van der Waals surface area contributed by atoms with Crippen molar-refractivity contribution >= 4 is 0 Å². The minimum atomic E-state index is 0.123. The summed E-state index contributed by atoms with van der Waals surface area (Å²) >= 11 is 0.